The average Bonchev–Trinajstić information content (AvgIpc) is 3.43. The van der Waals surface area contributed by atoms with Crippen molar-refractivity contribution >= 4 is 42.4 Å². The molecule has 1 aromatic heterocycles. The summed E-state index contributed by atoms with van der Waals surface area (Å²) in [4.78, 5) is 76.5. The number of aromatic nitrogens is 1. The van der Waals surface area contributed by atoms with Gasteiger partial charge in [0, 0.05) is 50.2 Å². The number of Topliss-reactive ketones (excluding diaryl/α,β-unsaturated/α-hetero) is 1. The van der Waals surface area contributed by atoms with Gasteiger partial charge in [0.25, 0.3) is 0 Å². The Morgan fingerprint density at radius 2 is 1.75 bits per heavy atom. The molecule has 0 radical (unpaired) electrons. The molecular weight excluding hydrogens is 675 g/mol. The van der Waals surface area contributed by atoms with Gasteiger partial charge in [-0.2, -0.15) is 0 Å². The Labute approximate surface area is 294 Å². The number of carbonyl (C=O) groups excluding carboxylic acids is 4. The van der Waals surface area contributed by atoms with Gasteiger partial charge in [-0.15, -0.1) is 6.58 Å². The van der Waals surface area contributed by atoms with Crippen molar-refractivity contribution in [2.75, 3.05) is 19.6 Å². The molecule has 4 aromatic rings. The van der Waals surface area contributed by atoms with Crippen LogP contribution in [0.2, 0.25) is 0 Å². The van der Waals surface area contributed by atoms with Crippen molar-refractivity contribution in [3.63, 3.8) is 0 Å². The minimum atomic E-state index is -4.79. The first-order valence-corrected chi connectivity index (χ1v) is 17.9. The zero-order chi connectivity index (χ0) is 36.4. The van der Waals surface area contributed by atoms with Crippen LogP contribution in [0.4, 0.5) is 4.79 Å². The lowest BCUT2D eigenvalue weighted by molar-refractivity contribution is -0.189. The highest BCUT2D eigenvalue weighted by molar-refractivity contribution is 7.46. The molecule has 0 unspecified atom stereocenters. The van der Waals surface area contributed by atoms with E-state index in [0.29, 0.717) is 11.1 Å². The van der Waals surface area contributed by atoms with E-state index in [9.17, 15) is 33.5 Å². The molecule has 15 heteroatoms. The van der Waals surface area contributed by atoms with Crippen LogP contribution < -0.4 is 9.84 Å². The van der Waals surface area contributed by atoms with Crippen molar-refractivity contribution in [2.24, 2.45) is 7.05 Å². The van der Waals surface area contributed by atoms with Crippen LogP contribution in [0.15, 0.2) is 91.6 Å². The van der Waals surface area contributed by atoms with Crippen LogP contribution in [0, 0.1) is 0 Å². The maximum absolute atomic E-state index is 14.5. The van der Waals surface area contributed by atoms with Gasteiger partial charge in [-0.05, 0) is 35.7 Å². The SMILES string of the molecule is C=CCN1CC(=O)N2[C@@H](Cc3ccc(OP(=O)(O)O)cc3)C(=O)N(Cc3cccc4c(C(C)=O)cn(C)c34)C[C@@H]2N1C(=O)NCc1ccccc1. The molecule has 3 heterocycles. The summed E-state index contributed by atoms with van der Waals surface area (Å²) >= 11 is 0. The van der Waals surface area contributed by atoms with E-state index < -0.39 is 26.1 Å². The van der Waals surface area contributed by atoms with E-state index in [4.69, 9.17) is 0 Å². The summed E-state index contributed by atoms with van der Waals surface area (Å²) in [5.74, 6) is -0.823. The summed E-state index contributed by atoms with van der Waals surface area (Å²) in [6.45, 7) is 5.74. The van der Waals surface area contributed by atoms with E-state index >= 15 is 0 Å². The Morgan fingerprint density at radius 3 is 2.41 bits per heavy atom. The number of phosphoric acid groups is 1. The van der Waals surface area contributed by atoms with Gasteiger partial charge >= 0.3 is 13.9 Å². The van der Waals surface area contributed by atoms with Crippen LogP contribution in [0.3, 0.4) is 0 Å². The average molecular weight is 715 g/mol. The van der Waals surface area contributed by atoms with Gasteiger partial charge in [0.1, 0.15) is 18.0 Å². The highest BCUT2D eigenvalue weighted by Gasteiger charge is 2.51. The van der Waals surface area contributed by atoms with Gasteiger partial charge in [-0.3, -0.25) is 24.2 Å². The van der Waals surface area contributed by atoms with Crippen LogP contribution in [0.5, 0.6) is 5.75 Å². The van der Waals surface area contributed by atoms with Gasteiger partial charge in [-0.25, -0.2) is 19.4 Å². The number of carbonyl (C=O) groups is 4. The topological polar surface area (TPSA) is 165 Å². The first-order valence-electron chi connectivity index (χ1n) is 16.3. The minimum Gasteiger partial charge on any atom is -0.404 e. The Morgan fingerprint density at radius 1 is 1.02 bits per heavy atom. The largest absolute Gasteiger partial charge is 0.524 e. The number of hydrogen-bond donors (Lipinski definition) is 3. The fourth-order valence-electron chi connectivity index (χ4n) is 6.91. The molecule has 0 spiro atoms. The third kappa shape index (κ3) is 7.59. The van der Waals surface area contributed by atoms with Crippen molar-refractivity contribution in [2.45, 2.75) is 38.6 Å². The Balaban J connectivity index is 1.38. The number of urea groups is 1. The molecule has 3 N–H and O–H groups in total. The smallest absolute Gasteiger partial charge is 0.404 e. The van der Waals surface area contributed by atoms with Gasteiger partial charge in [0.15, 0.2) is 5.78 Å². The third-order valence-corrected chi connectivity index (χ3v) is 9.52. The summed E-state index contributed by atoms with van der Waals surface area (Å²) in [6, 6.07) is 19.4. The number of nitrogens with one attached hydrogen (secondary N) is 1. The lowest BCUT2D eigenvalue weighted by atomic mass is 9.98. The van der Waals surface area contributed by atoms with E-state index in [1.807, 2.05) is 60.1 Å². The number of benzene rings is 3. The molecule has 51 heavy (non-hydrogen) atoms. The highest BCUT2D eigenvalue weighted by atomic mass is 31.2. The lowest BCUT2D eigenvalue weighted by Crippen LogP contribution is -2.76. The molecular formula is C36H39N6O8P. The molecule has 4 amide bonds. The first-order chi connectivity index (χ1) is 24.3. The second kappa shape index (κ2) is 14.5. The number of rotatable bonds is 11. The summed E-state index contributed by atoms with van der Waals surface area (Å²) in [5, 5.41) is 6.84. The summed E-state index contributed by atoms with van der Waals surface area (Å²) in [5.41, 5.74) is 3.63. The van der Waals surface area contributed by atoms with Gasteiger partial charge in [-0.1, -0.05) is 66.7 Å². The standard InChI is InChI=1S/C36H39N6O8P/c1-4-17-40-23-33(44)41-31(18-25-13-15-28(16-14-25)50-51(47,48)49)35(45)39(20-27-11-8-12-29-30(24(2)43)21-38(3)34(27)29)22-32(41)42(40)36(46)37-19-26-9-6-5-7-10-26/h4-16,21,31-32H,1,17-20,22-23H2,2-3H3,(H,37,46)(H2,47,48,49)/t31-,32-/m0/s1. The number of piperazine rings is 1. The minimum absolute atomic E-state index is 0.00289. The maximum Gasteiger partial charge on any atom is 0.524 e. The van der Waals surface area contributed by atoms with Gasteiger partial charge in [0.2, 0.25) is 11.8 Å². The highest BCUT2D eigenvalue weighted by Crippen LogP contribution is 2.38. The second-order valence-electron chi connectivity index (χ2n) is 12.6. The molecule has 2 atom stereocenters. The third-order valence-electron chi connectivity index (χ3n) is 9.07. The Hall–Kier alpha value is -5.27. The molecule has 14 nitrogen and oxygen atoms in total. The van der Waals surface area contributed by atoms with Crippen molar-refractivity contribution in [3.05, 3.63) is 114 Å². The number of fused-ring (bicyclic) bond motifs is 2. The summed E-state index contributed by atoms with van der Waals surface area (Å²) in [7, 11) is -2.95. The monoisotopic (exact) mass is 714 g/mol. The quantitative estimate of drug-likeness (QED) is 0.120. The van der Waals surface area contributed by atoms with E-state index in [-0.39, 0.29) is 62.5 Å². The Bertz CT molecular complexity index is 2030. The number of para-hydroxylation sites is 1. The lowest BCUT2D eigenvalue weighted by Gasteiger charge is -2.55. The number of hydrogen-bond acceptors (Lipinski definition) is 7. The first kappa shape index (κ1) is 35.6. The fraction of sp³-hybridized carbons (Fsp3) is 0.278. The number of nitrogens with zero attached hydrogens (tertiary/aromatic N) is 5. The summed E-state index contributed by atoms with van der Waals surface area (Å²) in [6.07, 6.45) is 2.54. The molecule has 2 saturated heterocycles. The summed E-state index contributed by atoms with van der Waals surface area (Å²) < 4.78 is 17.9. The molecule has 2 aliphatic heterocycles. The number of phosphoric ester groups is 1. The van der Waals surface area contributed by atoms with Crippen LogP contribution in [-0.4, -0.2) is 89.6 Å². The molecule has 0 saturated carbocycles. The molecule has 3 aromatic carbocycles. The van der Waals surface area contributed by atoms with E-state index in [0.717, 1.165) is 22.0 Å². The second-order valence-corrected chi connectivity index (χ2v) is 13.8. The van der Waals surface area contributed by atoms with Crippen molar-refractivity contribution in [1.29, 1.82) is 0 Å². The van der Waals surface area contributed by atoms with Crippen LogP contribution >= 0.6 is 7.82 Å². The Kier molecular flexibility index (Phi) is 10.1. The number of ketones is 1. The predicted molar refractivity (Wildman–Crippen MR) is 188 cm³/mol. The fourth-order valence-corrected chi connectivity index (χ4v) is 7.31. The van der Waals surface area contributed by atoms with Crippen LogP contribution in [-0.2, 0) is 40.7 Å². The van der Waals surface area contributed by atoms with Crippen LogP contribution in [0.25, 0.3) is 10.9 Å². The van der Waals surface area contributed by atoms with Crippen molar-refractivity contribution in [1.82, 2.24) is 29.7 Å². The van der Waals surface area contributed by atoms with Crippen LogP contribution in [0.1, 0.15) is 34.0 Å². The normalized spacial score (nSPS) is 18.2. The number of amides is 4. The molecule has 0 aliphatic carbocycles. The predicted octanol–water partition coefficient (Wildman–Crippen LogP) is 3.59. The van der Waals surface area contributed by atoms with E-state index in [1.54, 1.807) is 34.3 Å². The van der Waals surface area contributed by atoms with E-state index in [2.05, 4.69) is 16.4 Å². The zero-order valence-corrected chi connectivity index (χ0v) is 29.1. The van der Waals surface area contributed by atoms with Crippen molar-refractivity contribution in [3.8, 4) is 5.75 Å². The van der Waals surface area contributed by atoms with E-state index in [1.165, 1.54) is 29.0 Å². The molecule has 0 bridgehead atoms. The number of hydrazine groups is 1. The molecule has 2 aliphatic rings. The zero-order valence-electron chi connectivity index (χ0n) is 28.2. The molecule has 2 fully saturated rings. The molecule has 266 valence electrons. The molecule has 6 rings (SSSR count). The van der Waals surface area contributed by atoms with Gasteiger partial charge < -0.3 is 24.2 Å². The van der Waals surface area contributed by atoms with Gasteiger partial charge in [0.05, 0.1) is 18.6 Å². The number of aryl methyl sites for hydroxylation is 1. The maximum atomic E-state index is 14.5. The van der Waals surface area contributed by atoms with Crippen molar-refractivity contribution < 1.29 is 38.1 Å².